The minimum Gasteiger partial charge on any atom is -0.507 e. The van der Waals surface area contributed by atoms with Gasteiger partial charge in [-0.2, -0.15) is 0 Å². The zero-order valence-electron chi connectivity index (χ0n) is 10.5. The third kappa shape index (κ3) is 4.13. The lowest BCUT2D eigenvalue weighted by atomic mass is 10.2. The molecule has 0 aliphatic rings. The number of aromatic hydroxyl groups is 1. The van der Waals surface area contributed by atoms with Crippen LogP contribution in [0.4, 0.5) is 0 Å². The zero-order chi connectivity index (χ0) is 14.4. The van der Waals surface area contributed by atoms with Gasteiger partial charge in [0, 0.05) is 12.6 Å². The summed E-state index contributed by atoms with van der Waals surface area (Å²) in [5, 5.41) is 12.2. The number of phenolic OH excluding ortho intramolecular Hbond substituents is 1. The Kier molecular flexibility index (Phi) is 5.62. The number of carbonyl (C=O) groups excluding carboxylic acids is 2. The Balaban J connectivity index is 2.66. The third-order valence-corrected chi connectivity index (χ3v) is 3.05. The number of alkyl halides is 1. The molecule has 0 heterocycles. The number of nitrogens with one attached hydrogen (secondary N) is 1. The van der Waals surface area contributed by atoms with Crippen molar-refractivity contribution in [1.82, 2.24) is 5.32 Å². The molecule has 0 spiro atoms. The summed E-state index contributed by atoms with van der Waals surface area (Å²) in [6, 6.07) is 4.33. The van der Waals surface area contributed by atoms with E-state index in [0.717, 1.165) is 0 Å². The van der Waals surface area contributed by atoms with Crippen molar-refractivity contribution in [2.75, 3.05) is 20.8 Å². The smallest absolute Gasteiger partial charge is 0.321 e. The van der Waals surface area contributed by atoms with Gasteiger partial charge in [-0.05, 0) is 12.1 Å². The van der Waals surface area contributed by atoms with Crippen LogP contribution in [0.3, 0.4) is 0 Å². The van der Waals surface area contributed by atoms with Gasteiger partial charge in [-0.15, -0.1) is 0 Å². The van der Waals surface area contributed by atoms with Crippen molar-refractivity contribution in [3.05, 3.63) is 23.8 Å². The lowest BCUT2D eigenvalue weighted by molar-refractivity contribution is -0.139. The number of ether oxygens (including phenoxy) is 2. The number of carbonyl (C=O) groups is 2. The van der Waals surface area contributed by atoms with E-state index in [1.807, 2.05) is 0 Å². The maximum atomic E-state index is 11.8. The van der Waals surface area contributed by atoms with Crippen LogP contribution in [0.2, 0.25) is 0 Å². The molecule has 1 aromatic carbocycles. The summed E-state index contributed by atoms with van der Waals surface area (Å²) in [5.41, 5.74) is 0.102. The largest absolute Gasteiger partial charge is 0.507 e. The van der Waals surface area contributed by atoms with E-state index in [0.29, 0.717) is 5.75 Å². The van der Waals surface area contributed by atoms with Crippen LogP contribution in [0.25, 0.3) is 0 Å². The number of amides is 1. The van der Waals surface area contributed by atoms with Crippen LogP contribution in [0.5, 0.6) is 11.5 Å². The van der Waals surface area contributed by atoms with Crippen LogP contribution in [0.1, 0.15) is 10.4 Å². The molecule has 1 atom stereocenters. The van der Waals surface area contributed by atoms with E-state index in [4.69, 9.17) is 4.74 Å². The molecule has 104 valence electrons. The molecule has 2 N–H and O–H groups in total. The van der Waals surface area contributed by atoms with E-state index in [1.165, 1.54) is 26.4 Å². The Labute approximate surface area is 118 Å². The van der Waals surface area contributed by atoms with Gasteiger partial charge in [0.1, 0.15) is 16.3 Å². The van der Waals surface area contributed by atoms with Crippen molar-refractivity contribution in [2.24, 2.45) is 0 Å². The lowest BCUT2D eigenvalue weighted by Crippen LogP contribution is -2.33. The van der Waals surface area contributed by atoms with Gasteiger partial charge in [-0.1, -0.05) is 15.9 Å². The quantitative estimate of drug-likeness (QED) is 0.622. The monoisotopic (exact) mass is 331 g/mol. The molecule has 0 aliphatic heterocycles. The molecule has 0 aromatic heterocycles. The van der Waals surface area contributed by atoms with Gasteiger partial charge in [0.05, 0.1) is 19.8 Å². The highest BCUT2D eigenvalue weighted by molar-refractivity contribution is 9.10. The van der Waals surface area contributed by atoms with Crippen molar-refractivity contribution >= 4 is 27.8 Å². The summed E-state index contributed by atoms with van der Waals surface area (Å²) >= 11 is 3.07. The van der Waals surface area contributed by atoms with Crippen molar-refractivity contribution in [3.8, 4) is 11.5 Å². The van der Waals surface area contributed by atoms with Gasteiger partial charge in [-0.3, -0.25) is 9.59 Å². The molecule has 1 rings (SSSR count). The molecule has 0 saturated carbocycles. The summed E-state index contributed by atoms with van der Waals surface area (Å²) in [6.07, 6.45) is 0. The summed E-state index contributed by atoms with van der Waals surface area (Å²) in [5.74, 6) is -0.726. The standard InChI is InChI=1S/C12H14BrNO5/c1-18-7-3-4-8(10(15)5-7)11(16)14-6-9(13)12(17)19-2/h3-5,9,15H,6H2,1-2H3,(H,14,16). The highest BCUT2D eigenvalue weighted by atomic mass is 79.9. The Hall–Kier alpha value is -1.76. The van der Waals surface area contributed by atoms with E-state index in [1.54, 1.807) is 6.07 Å². The predicted octanol–water partition coefficient (Wildman–Crippen LogP) is 1.07. The van der Waals surface area contributed by atoms with Crippen LogP contribution < -0.4 is 10.1 Å². The molecule has 0 radical (unpaired) electrons. The van der Waals surface area contributed by atoms with Crippen LogP contribution in [0, 0.1) is 0 Å². The van der Waals surface area contributed by atoms with Crippen molar-refractivity contribution in [2.45, 2.75) is 4.83 Å². The summed E-state index contributed by atoms with van der Waals surface area (Å²) in [7, 11) is 2.72. The number of hydrogen-bond acceptors (Lipinski definition) is 5. The van der Waals surface area contributed by atoms with E-state index in [9.17, 15) is 14.7 Å². The van der Waals surface area contributed by atoms with Crippen LogP contribution in [0.15, 0.2) is 18.2 Å². The van der Waals surface area contributed by atoms with Gasteiger partial charge in [0.15, 0.2) is 0 Å². The first-order valence-electron chi connectivity index (χ1n) is 5.36. The molecular formula is C12H14BrNO5. The number of phenols is 1. The number of rotatable bonds is 5. The second-order valence-electron chi connectivity index (χ2n) is 3.58. The first-order valence-corrected chi connectivity index (χ1v) is 6.28. The molecule has 1 amide bonds. The molecule has 0 fully saturated rings. The number of benzene rings is 1. The average Bonchev–Trinajstić information content (AvgIpc) is 2.43. The fourth-order valence-electron chi connectivity index (χ4n) is 1.32. The van der Waals surface area contributed by atoms with E-state index in [2.05, 4.69) is 26.0 Å². The van der Waals surface area contributed by atoms with Crippen molar-refractivity contribution in [3.63, 3.8) is 0 Å². The van der Waals surface area contributed by atoms with E-state index in [-0.39, 0.29) is 17.9 Å². The summed E-state index contributed by atoms with van der Waals surface area (Å²) in [6.45, 7) is 0.0526. The lowest BCUT2D eigenvalue weighted by Gasteiger charge is -2.10. The first-order chi connectivity index (χ1) is 8.99. The van der Waals surface area contributed by atoms with Crippen LogP contribution in [-0.4, -0.2) is 42.6 Å². The van der Waals surface area contributed by atoms with Gasteiger partial charge in [0.25, 0.3) is 5.91 Å². The Morgan fingerprint density at radius 2 is 2.11 bits per heavy atom. The summed E-state index contributed by atoms with van der Waals surface area (Å²) in [4.78, 5) is 22.3. The molecular weight excluding hydrogens is 318 g/mol. The summed E-state index contributed by atoms with van der Waals surface area (Å²) < 4.78 is 9.41. The molecule has 1 unspecified atom stereocenters. The molecule has 7 heteroatoms. The second-order valence-corrected chi connectivity index (χ2v) is 4.69. The molecule has 6 nitrogen and oxygen atoms in total. The normalized spacial score (nSPS) is 11.5. The van der Waals surface area contributed by atoms with E-state index < -0.39 is 16.7 Å². The van der Waals surface area contributed by atoms with Crippen LogP contribution >= 0.6 is 15.9 Å². The molecule has 0 bridgehead atoms. The molecule has 1 aromatic rings. The fraction of sp³-hybridized carbons (Fsp3) is 0.333. The maximum Gasteiger partial charge on any atom is 0.321 e. The predicted molar refractivity (Wildman–Crippen MR) is 71.7 cm³/mol. The van der Waals surface area contributed by atoms with Gasteiger partial charge in [-0.25, -0.2) is 0 Å². The molecule has 0 aliphatic carbocycles. The highest BCUT2D eigenvalue weighted by Gasteiger charge is 2.18. The number of methoxy groups -OCH3 is 2. The molecule has 19 heavy (non-hydrogen) atoms. The molecule has 0 saturated heterocycles. The number of esters is 1. The second kappa shape index (κ2) is 6.98. The Morgan fingerprint density at radius 3 is 2.63 bits per heavy atom. The first kappa shape index (κ1) is 15.3. The van der Waals surface area contributed by atoms with E-state index >= 15 is 0 Å². The van der Waals surface area contributed by atoms with Gasteiger partial charge < -0.3 is 19.9 Å². The highest BCUT2D eigenvalue weighted by Crippen LogP contribution is 2.23. The maximum absolute atomic E-state index is 11.8. The van der Waals surface area contributed by atoms with Gasteiger partial charge in [0.2, 0.25) is 0 Å². The minimum absolute atomic E-state index is 0.0526. The van der Waals surface area contributed by atoms with Crippen LogP contribution in [-0.2, 0) is 9.53 Å². The zero-order valence-corrected chi connectivity index (χ0v) is 12.1. The van der Waals surface area contributed by atoms with Crippen molar-refractivity contribution < 1.29 is 24.2 Å². The van der Waals surface area contributed by atoms with Crippen molar-refractivity contribution in [1.29, 1.82) is 0 Å². The number of halogens is 1. The Bertz CT molecular complexity index is 477. The minimum atomic E-state index is -0.637. The Morgan fingerprint density at radius 1 is 1.42 bits per heavy atom. The third-order valence-electron chi connectivity index (χ3n) is 2.35. The average molecular weight is 332 g/mol. The number of hydrogen-bond donors (Lipinski definition) is 2. The SMILES string of the molecule is COC(=O)C(Br)CNC(=O)c1ccc(OC)cc1O. The van der Waals surface area contributed by atoms with Gasteiger partial charge >= 0.3 is 5.97 Å². The topological polar surface area (TPSA) is 84.9 Å². The fourth-order valence-corrected chi connectivity index (χ4v) is 1.67.